The molecule has 0 aliphatic heterocycles. The summed E-state index contributed by atoms with van der Waals surface area (Å²) in [5.74, 6) is -1.73. The van der Waals surface area contributed by atoms with Crippen LogP contribution < -0.4 is 10.2 Å². The molecule has 1 aromatic heterocycles. The molecular formula is C30H29Cl2FN4O2. The van der Waals surface area contributed by atoms with Gasteiger partial charge in [0.2, 0.25) is 5.91 Å². The molecule has 9 heteroatoms. The molecule has 3 aromatic carbocycles. The Balaban J connectivity index is 1.59. The van der Waals surface area contributed by atoms with Gasteiger partial charge in [0.1, 0.15) is 11.6 Å². The smallest absolute Gasteiger partial charge is 0.258 e. The van der Waals surface area contributed by atoms with Crippen LogP contribution in [0.25, 0.3) is 5.69 Å². The van der Waals surface area contributed by atoms with Gasteiger partial charge in [0, 0.05) is 34.3 Å². The minimum atomic E-state index is -0.722. The van der Waals surface area contributed by atoms with Crippen LogP contribution in [0.3, 0.4) is 0 Å². The molecular weight excluding hydrogens is 538 g/mol. The fourth-order valence-corrected chi connectivity index (χ4v) is 4.35. The number of nitrogens with zero attached hydrogens (tertiary/aromatic N) is 3. The largest absolute Gasteiger partial charge is 0.322 e. The first-order valence-electron chi connectivity index (χ1n) is 12.4. The maximum atomic E-state index is 15.0. The average molecular weight is 567 g/mol. The second-order valence-corrected chi connectivity index (χ2v) is 11.2. The van der Waals surface area contributed by atoms with Crippen molar-refractivity contribution in [2.75, 3.05) is 17.3 Å². The van der Waals surface area contributed by atoms with Crippen molar-refractivity contribution >= 4 is 46.5 Å². The van der Waals surface area contributed by atoms with Crippen molar-refractivity contribution in [2.24, 2.45) is 0 Å². The van der Waals surface area contributed by atoms with Gasteiger partial charge in [0.15, 0.2) is 0 Å². The van der Waals surface area contributed by atoms with E-state index in [0.717, 1.165) is 5.69 Å². The molecule has 1 N–H and O–H groups in total. The van der Waals surface area contributed by atoms with Crippen LogP contribution in [-0.4, -0.2) is 28.6 Å². The minimum Gasteiger partial charge on any atom is -0.322 e. The Kier molecular flexibility index (Phi) is 8.14. The number of rotatable bonds is 6. The molecule has 0 spiro atoms. The predicted octanol–water partition coefficient (Wildman–Crippen LogP) is 7.63. The van der Waals surface area contributed by atoms with Crippen LogP contribution in [0.2, 0.25) is 10.0 Å². The summed E-state index contributed by atoms with van der Waals surface area (Å²) in [5.41, 5.74) is 2.05. The molecule has 4 rings (SSSR count). The van der Waals surface area contributed by atoms with Gasteiger partial charge in [-0.05, 0) is 67.1 Å². The summed E-state index contributed by atoms with van der Waals surface area (Å²) in [6, 6.07) is 19.8. The highest BCUT2D eigenvalue weighted by atomic mass is 35.5. The summed E-state index contributed by atoms with van der Waals surface area (Å²) in [7, 11) is 1.66. The van der Waals surface area contributed by atoms with E-state index in [4.69, 9.17) is 28.3 Å². The van der Waals surface area contributed by atoms with Crippen molar-refractivity contribution in [1.82, 2.24) is 9.78 Å². The third-order valence-corrected chi connectivity index (χ3v) is 6.88. The van der Waals surface area contributed by atoms with Gasteiger partial charge in [-0.15, -0.1) is 0 Å². The Morgan fingerprint density at radius 3 is 2.28 bits per heavy atom. The van der Waals surface area contributed by atoms with Crippen molar-refractivity contribution < 1.29 is 14.0 Å². The molecule has 0 bridgehead atoms. The predicted molar refractivity (Wildman–Crippen MR) is 155 cm³/mol. The van der Waals surface area contributed by atoms with E-state index in [1.54, 1.807) is 61.1 Å². The molecule has 0 saturated carbocycles. The summed E-state index contributed by atoms with van der Waals surface area (Å²) in [4.78, 5) is 27.7. The molecule has 1 unspecified atom stereocenters. The molecule has 1 heterocycles. The van der Waals surface area contributed by atoms with Crippen LogP contribution in [0.15, 0.2) is 72.8 Å². The zero-order chi connectivity index (χ0) is 28.5. The number of carbonyl (C=O) groups excluding carboxylic acids is 2. The van der Waals surface area contributed by atoms with Gasteiger partial charge in [-0.3, -0.25) is 14.5 Å². The SMILES string of the molecule is CC(C(=O)N(C)c1cc(C(C)(C)C)nn1-c1cccc(Cl)c1)c1ccc(C(=O)Nc2ccc(Cl)cc2)c(F)c1. The lowest BCUT2D eigenvalue weighted by molar-refractivity contribution is -0.119. The Hall–Kier alpha value is -3.68. The van der Waals surface area contributed by atoms with E-state index in [0.29, 0.717) is 32.8 Å². The number of hydrogen-bond donors (Lipinski definition) is 1. The van der Waals surface area contributed by atoms with E-state index in [1.807, 2.05) is 39.0 Å². The molecule has 6 nitrogen and oxygen atoms in total. The first-order valence-corrected chi connectivity index (χ1v) is 13.1. The molecule has 202 valence electrons. The van der Waals surface area contributed by atoms with Crippen LogP contribution in [0.5, 0.6) is 0 Å². The van der Waals surface area contributed by atoms with Gasteiger partial charge in [-0.2, -0.15) is 5.10 Å². The number of amides is 2. The van der Waals surface area contributed by atoms with E-state index < -0.39 is 17.6 Å². The lowest BCUT2D eigenvalue weighted by atomic mass is 9.92. The van der Waals surface area contributed by atoms with E-state index in [2.05, 4.69) is 5.32 Å². The number of likely N-dealkylation sites (N-methyl/N-ethyl adjacent to an activating group) is 1. The Bertz CT molecular complexity index is 1530. The molecule has 2 amide bonds. The van der Waals surface area contributed by atoms with Gasteiger partial charge in [-0.1, -0.05) is 56.1 Å². The molecule has 1 atom stereocenters. The number of nitrogens with one attached hydrogen (secondary N) is 1. The second kappa shape index (κ2) is 11.2. The number of anilines is 2. The van der Waals surface area contributed by atoms with Crippen LogP contribution in [0.4, 0.5) is 15.9 Å². The molecule has 0 radical (unpaired) electrons. The zero-order valence-corrected chi connectivity index (χ0v) is 23.8. The van der Waals surface area contributed by atoms with Crippen molar-refractivity contribution in [3.05, 3.63) is 105 Å². The summed E-state index contributed by atoms with van der Waals surface area (Å²) in [6.07, 6.45) is 0. The third-order valence-electron chi connectivity index (χ3n) is 6.40. The van der Waals surface area contributed by atoms with E-state index in [9.17, 15) is 9.59 Å². The van der Waals surface area contributed by atoms with E-state index in [1.165, 1.54) is 17.0 Å². The quantitative estimate of drug-likeness (QED) is 0.261. The highest BCUT2D eigenvalue weighted by Gasteiger charge is 2.28. The standard InChI is InChI=1S/C30H29Cl2FN4O2/c1-18(19-9-14-24(25(33)15-19)28(38)34-22-12-10-20(31)11-13-22)29(39)36(5)27-17-26(30(2,3)4)35-37(27)23-8-6-7-21(32)16-23/h6-18H,1-5H3,(H,34,38). The highest BCUT2D eigenvalue weighted by molar-refractivity contribution is 6.31. The molecule has 0 aliphatic carbocycles. The third kappa shape index (κ3) is 6.32. The number of carbonyl (C=O) groups is 2. The summed E-state index contributed by atoms with van der Waals surface area (Å²) < 4.78 is 16.7. The number of aromatic nitrogens is 2. The van der Waals surface area contributed by atoms with Gasteiger partial charge < -0.3 is 5.32 Å². The number of hydrogen-bond acceptors (Lipinski definition) is 3. The molecule has 0 fully saturated rings. The second-order valence-electron chi connectivity index (χ2n) is 10.3. The van der Waals surface area contributed by atoms with E-state index >= 15 is 4.39 Å². The van der Waals surface area contributed by atoms with Crippen molar-refractivity contribution in [3.63, 3.8) is 0 Å². The summed E-state index contributed by atoms with van der Waals surface area (Å²) in [6.45, 7) is 7.82. The van der Waals surface area contributed by atoms with Crippen molar-refractivity contribution in [3.8, 4) is 5.69 Å². The molecule has 0 saturated heterocycles. The lowest BCUT2D eigenvalue weighted by Gasteiger charge is -2.23. The first kappa shape index (κ1) is 28.3. The Labute approximate surface area is 237 Å². The van der Waals surface area contributed by atoms with Crippen molar-refractivity contribution in [1.29, 1.82) is 0 Å². The minimum absolute atomic E-state index is 0.129. The Morgan fingerprint density at radius 2 is 1.67 bits per heavy atom. The molecule has 39 heavy (non-hydrogen) atoms. The fraction of sp³-hybridized carbons (Fsp3) is 0.233. The Morgan fingerprint density at radius 1 is 0.974 bits per heavy atom. The number of halogens is 3. The van der Waals surface area contributed by atoms with Gasteiger partial charge in [0.05, 0.1) is 22.9 Å². The highest BCUT2D eigenvalue weighted by Crippen LogP contribution is 2.31. The van der Waals surface area contributed by atoms with E-state index in [-0.39, 0.29) is 16.9 Å². The van der Waals surface area contributed by atoms with Gasteiger partial charge in [-0.25, -0.2) is 9.07 Å². The zero-order valence-electron chi connectivity index (χ0n) is 22.3. The van der Waals surface area contributed by atoms with Crippen LogP contribution in [0.1, 0.15) is 55.2 Å². The average Bonchev–Trinajstić information content (AvgIpc) is 3.35. The monoisotopic (exact) mass is 566 g/mol. The lowest BCUT2D eigenvalue weighted by Crippen LogP contribution is -2.32. The van der Waals surface area contributed by atoms with Crippen molar-refractivity contribution in [2.45, 2.75) is 39.0 Å². The summed E-state index contributed by atoms with van der Waals surface area (Å²) in [5, 5.41) is 8.48. The van der Waals surface area contributed by atoms with Gasteiger partial charge >= 0.3 is 0 Å². The van der Waals surface area contributed by atoms with Crippen LogP contribution in [-0.2, 0) is 10.2 Å². The maximum Gasteiger partial charge on any atom is 0.258 e. The first-order chi connectivity index (χ1) is 18.3. The molecule has 4 aromatic rings. The maximum absolute atomic E-state index is 15.0. The van der Waals surface area contributed by atoms with Crippen LogP contribution in [0, 0.1) is 5.82 Å². The topological polar surface area (TPSA) is 67.2 Å². The number of benzene rings is 3. The fourth-order valence-electron chi connectivity index (χ4n) is 4.04. The van der Waals surface area contributed by atoms with Gasteiger partial charge in [0.25, 0.3) is 5.91 Å². The molecule has 0 aliphatic rings. The van der Waals surface area contributed by atoms with Crippen LogP contribution >= 0.6 is 23.2 Å². The normalized spacial score (nSPS) is 12.2. The summed E-state index contributed by atoms with van der Waals surface area (Å²) >= 11 is 12.1.